The first kappa shape index (κ1) is 20.1. The number of carbonyl (C=O) groups is 1. The molecule has 28 heavy (non-hydrogen) atoms. The molecule has 8 nitrogen and oxygen atoms in total. The van der Waals surface area contributed by atoms with E-state index in [1.807, 2.05) is 18.2 Å². The number of hydrogen-bond acceptors (Lipinski definition) is 5. The van der Waals surface area contributed by atoms with Gasteiger partial charge in [-0.3, -0.25) is 4.90 Å². The van der Waals surface area contributed by atoms with Crippen molar-refractivity contribution in [3.05, 3.63) is 54.6 Å². The minimum Gasteiger partial charge on any atom is -0.369 e. The highest BCUT2D eigenvalue weighted by atomic mass is 32.2. The zero-order valence-electron chi connectivity index (χ0n) is 15.5. The van der Waals surface area contributed by atoms with Gasteiger partial charge in [-0.1, -0.05) is 18.2 Å². The summed E-state index contributed by atoms with van der Waals surface area (Å²) in [5.41, 5.74) is 1.74. The number of sulfonamides is 1. The standard InChI is InChI=1S/C19H25N5O3S/c20-28(26,27)18-8-6-16(7-9-18)22-19(25)21-10-11-23-12-14-24(15-13-23)17-4-2-1-3-5-17/h1-9H,10-15H2,(H2,20,26,27)(H2,21,22,25). The van der Waals surface area contributed by atoms with Gasteiger partial charge in [0.2, 0.25) is 10.0 Å². The van der Waals surface area contributed by atoms with Gasteiger partial charge in [-0.25, -0.2) is 18.4 Å². The number of urea groups is 1. The van der Waals surface area contributed by atoms with Crippen LogP contribution in [-0.2, 0) is 10.0 Å². The summed E-state index contributed by atoms with van der Waals surface area (Å²) in [6.45, 7) is 5.15. The first-order valence-corrected chi connectivity index (χ1v) is 10.7. The number of rotatable bonds is 6. The summed E-state index contributed by atoms with van der Waals surface area (Å²) in [4.78, 5) is 16.7. The molecule has 1 heterocycles. The van der Waals surface area contributed by atoms with Crippen LogP contribution < -0.4 is 20.7 Å². The lowest BCUT2D eigenvalue weighted by molar-refractivity contribution is 0.240. The highest BCUT2D eigenvalue weighted by Crippen LogP contribution is 2.15. The highest BCUT2D eigenvalue weighted by molar-refractivity contribution is 7.89. The second-order valence-electron chi connectivity index (χ2n) is 6.61. The van der Waals surface area contributed by atoms with Gasteiger partial charge in [0, 0.05) is 50.6 Å². The molecule has 1 aliphatic rings. The fourth-order valence-electron chi connectivity index (χ4n) is 3.10. The van der Waals surface area contributed by atoms with Crippen molar-refractivity contribution in [3.63, 3.8) is 0 Å². The van der Waals surface area contributed by atoms with Crippen LogP contribution in [0, 0.1) is 0 Å². The Hall–Kier alpha value is -2.62. The molecular weight excluding hydrogens is 378 g/mol. The normalized spacial score (nSPS) is 15.2. The zero-order chi connectivity index (χ0) is 20.0. The summed E-state index contributed by atoms with van der Waals surface area (Å²) in [7, 11) is -3.73. The van der Waals surface area contributed by atoms with Gasteiger partial charge in [-0.05, 0) is 36.4 Å². The summed E-state index contributed by atoms with van der Waals surface area (Å²) in [5.74, 6) is 0. The second-order valence-corrected chi connectivity index (χ2v) is 8.18. The van der Waals surface area contributed by atoms with E-state index in [1.165, 1.54) is 30.0 Å². The van der Waals surface area contributed by atoms with Crippen molar-refractivity contribution >= 4 is 27.4 Å². The van der Waals surface area contributed by atoms with Crippen LogP contribution in [0.2, 0.25) is 0 Å². The number of anilines is 2. The van der Waals surface area contributed by atoms with Crippen molar-refractivity contribution in [2.24, 2.45) is 5.14 Å². The molecule has 0 atom stereocenters. The maximum Gasteiger partial charge on any atom is 0.319 e. The quantitative estimate of drug-likeness (QED) is 0.673. The van der Waals surface area contributed by atoms with E-state index in [4.69, 9.17) is 5.14 Å². The zero-order valence-corrected chi connectivity index (χ0v) is 16.4. The molecule has 1 aliphatic heterocycles. The lowest BCUT2D eigenvalue weighted by Gasteiger charge is -2.36. The Morgan fingerprint density at radius 3 is 2.21 bits per heavy atom. The number of amides is 2. The van der Waals surface area contributed by atoms with Gasteiger partial charge in [0.1, 0.15) is 0 Å². The largest absolute Gasteiger partial charge is 0.369 e. The maximum atomic E-state index is 12.0. The molecule has 0 bridgehead atoms. The molecule has 2 aromatic carbocycles. The van der Waals surface area contributed by atoms with Crippen molar-refractivity contribution in [1.82, 2.24) is 10.2 Å². The van der Waals surface area contributed by atoms with E-state index in [0.717, 1.165) is 32.7 Å². The van der Waals surface area contributed by atoms with E-state index >= 15 is 0 Å². The Bertz CT molecular complexity index is 880. The van der Waals surface area contributed by atoms with E-state index in [1.54, 1.807) is 0 Å². The number of para-hydroxylation sites is 1. The minimum atomic E-state index is -3.73. The smallest absolute Gasteiger partial charge is 0.319 e. The van der Waals surface area contributed by atoms with Crippen LogP contribution in [-0.4, -0.2) is 58.6 Å². The first-order valence-electron chi connectivity index (χ1n) is 9.12. The topological polar surface area (TPSA) is 108 Å². The first-order chi connectivity index (χ1) is 13.4. The van der Waals surface area contributed by atoms with Crippen LogP contribution in [0.4, 0.5) is 16.2 Å². The van der Waals surface area contributed by atoms with Gasteiger partial charge in [0.25, 0.3) is 0 Å². The van der Waals surface area contributed by atoms with Crippen molar-refractivity contribution in [2.75, 3.05) is 49.5 Å². The number of nitrogens with two attached hydrogens (primary N) is 1. The van der Waals surface area contributed by atoms with Gasteiger partial charge in [-0.15, -0.1) is 0 Å². The average molecular weight is 404 g/mol. The van der Waals surface area contributed by atoms with E-state index in [0.29, 0.717) is 12.2 Å². The molecule has 0 radical (unpaired) electrons. The van der Waals surface area contributed by atoms with Crippen molar-refractivity contribution in [2.45, 2.75) is 4.90 Å². The molecular formula is C19H25N5O3S. The predicted octanol–water partition coefficient (Wildman–Crippen LogP) is 1.28. The third kappa shape index (κ3) is 5.69. The van der Waals surface area contributed by atoms with E-state index in [2.05, 4.69) is 32.6 Å². The molecule has 1 saturated heterocycles. The summed E-state index contributed by atoms with van der Waals surface area (Å²) in [5, 5.41) is 10.5. The SMILES string of the molecule is NS(=O)(=O)c1ccc(NC(=O)NCCN2CCN(c3ccccc3)CC2)cc1. The van der Waals surface area contributed by atoms with Crippen molar-refractivity contribution < 1.29 is 13.2 Å². The van der Waals surface area contributed by atoms with E-state index < -0.39 is 10.0 Å². The molecule has 1 fully saturated rings. The van der Waals surface area contributed by atoms with Gasteiger partial charge in [0.15, 0.2) is 0 Å². The third-order valence-corrected chi connectivity index (χ3v) is 5.58. The van der Waals surface area contributed by atoms with Crippen LogP contribution in [0.3, 0.4) is 0 Å². The van der Waals surface area contributed by atoms with Crippen LogP contribution in [0.25, 0.3) is 0 Å². The Morgan fingerprint density at radius 2 is 1.61 bits per heavy atom. The van der Waals surface area contributed by atoms with Gasteiger partial charge in [-0.2, -0.15) is 0 Å². The summed E-state index contributed by atoms with van der Waals surface area (Å²) >= 11 is 0. The minimum absolute atomic E-state index is 0.00750. The van der Waals surface area contributed by atoms with Crippen molar-refractivity contribution in [3.8, 4) is 0 Å². The Balaban J connectivity index is 1.37. The lowest BCUT2D eigenvalue weighted by Crippen LogP contribution is -2.48. The molecule has 0 aromatic heterocycles. The van der Waals surface area contributed by atoms with Gasteiger partial charge in [0.05, 0.1) is 4.90 Å². The Kier molecular flexibility index (Phi) is 6.50. The van der Waals surface area contributed by atoms with Crippen LogP contribution in [0.15, 0.2) is 59.5 Å². The molecule has 0 unspecified atom stereocenters. The number of piperazine rings is 1. The summed E-state index contributed by atoms with van der Waals surface area (Å²) in [6.07, 6.45) is 0. The summed E-state index contributed by atoms with van der Waals surface area (Å²) < 4.78 is 22.5. The molecule has 150 valence electrons. The predicted molar refractivity (Wildman–Crippen MR) is 110 cm³/mol. The molecule has 2 amide bonds. The van der Waals surface area contributed by atoms with E-state index in [9.17, 15) is 13.2 Å². The number of nitrogens with one attached hydrogen (secondary N) is 2. The van der Waals surface area contributed by atoms with Crippen molar-refractivity contribution in [1.29, 1.82) is 0 Å². The Labute approximate surface area is 165 Å². The number of primary sulfonamides is 1. The highest BCUT2D eigenvalue weighted by Gasteiger charge is 2.16. The van der Waals surface area contributed by atoms with Gasteiger partial charge >= 0.3 is 6.03 Å². The van der Waals surface area contributed by atoms with Gasteiger partial charge < -0.3 is 15.5 Å². The maximum absolute atomic E-state index is 12.0. The average Bonchev–Trinajstić information content (AvgIpc) is 2.69. The molecule has 0 saturated carbocycles. The molecule has 3 rings (SSSR count). The van der Waals surface area contributed by atoms with Crippen LogP contribution >= 0.6 is 0 Å². The number of benzene rings is 2. The number of nitrogens with zero attached hydrogens (tertiary/aromatic N) is 2. The number of carbonyl (C=O) groups excluding carboxylic acids is 1. The molecule has 0 spiro atoms. The Morgan fingerprint density at radius 1 is 0.964 bits per heavy atom. The lowest BCUT2D eigenvalue weighted by atomic mass is 10.2. The second kappa shape index (κ2) is 9.05. The summed E-state index contributed by atoms with van der Waals surface area (Å²) in [6, 6.07) is 15.8. The fourth-order valence-corrected chi connectivity index (χ4v) is 3.61. The fraction of sp³-hybridized carbons (Fsp3) is 0.316. The molecule has 0 aliphatic carbocycles. The monoisotopic (exact) mass is 403 g/mol. The number of hydrogen-bond donors (Lipinski definition) is 3. The molecule has 2 aromatic rings. The third-order valence-electron chi connectivity index (χ3n) is 4.65. The van der Waals surface area contributed by atoms with Crippen LogP contribution in [0.1, 0.15) is 0 Å². The van der Waals surface area contributed by atoms with Crippen LogP contribution in [0.5, 0.6) is 0 Å². The molecule has 4 N–H and O–H groups in total. The molecule has 9 heteroatoms. The van der Waals surface area contributed by atoms with E-state index in [-0.39, 0.29) is 10.9 Å².